The maximum atomic E-state index is 12.8. The number of nitrogens with one attached hydrogen (secondary N) is 1. The summed E-state index contributed by atoms with van der Waals surface area (Å²) in [4.78, 5) is 37.2. The van der Waals surface area contributed by atoms with Gasteiger partial charge in [-0.1, -0.05) is 12.1 Å². The van der Waals surface area contributed by atoms with Gasteiger partial charge in [-0.3, -0.25) is 4.79 Å². The summed E-state index contributed by atoms with van der Waals surface area (Å²) in [6, 6.07) is 9.07. The molecule has 4 rings (SSSR count). The standard InChI is InChI=1S/C19H17N5O3S/c1-3-27-12-7-5-4-6-11(12)24-18-14(22-19(24)26)13(16(20)25)21-17(23-18)15-10(2)8-9-28-15/h4-9H,3H2,1-2H3,(H2,20,25)(H,22,26). The Kier molecular flexibility index (Phi) is 4.44. The number of nitrogens with zero attached hydrogens (tertiary/aromatic N) is 3. The van der Waals surface area contributed by atoms with Gasteiger partial charge >= 0.3 is 5.69 Å². The molecule has 0 aliphatic rings. The molecule has 8 nitrogen and oxygen atoms in total. The largest absolute Gasteiger partial charge is 0.492 e. The van der Waals surface area contributed by atoms with E-state index in [4.69, 9.17) is 10.5 Å². The van der Waals surface area contributed by atoms with Crippen LogP contribution < -0.4 is 16.2 Å². The van der Waals surface area contributed by atoms with E-state index in [1.165, 1.54) is 15.9 Å². The van der Waals surface area contributed by atoms with Crippen molar-refractivity contribution in [2.45, 2.75) is 13.8 Å². The molecule has 0 aliphatic carbocycles. The number of nitrogens with two attached hydrogens (primary N) is 1. The highest BCUT2D eigenvalue weighted by atomic mass is 32.1. The second kappa shape index (κ2) is 6.93. The number of para-hydroxylation sites is 2. The predicted molar refractivity (Wildman–Crippen MR) is 107 cm³/mol. The van der Waals surface area contributed by atoms with Crippen LogP contribution in [0.3, 0.4) is 0 Å². The number of carbonyl (C=O) groups is 1. The van der Waals surface area contributed by atoms with Crippen molar-refractivity contribution in [3.63, 3.8) is 0 Å². The van der Waals surface area contributed by atoms with E-state index in [9.17, 15) is 9.59 Å². The average molecular weight is 395 g/mol. The first-order valence-electron chi connectivity index (χ1n) is 8.60. The van der Waals surface area contributed by atoms with Gasteiger partial charge in [0, 0.05) is 0 Å². The first-order valence-corrected chi connectivity index (χ1v) is 9.48. The van der Waals surface area contributed by atoms with E-state index in [-0.39, 0.29) is 16.9 Å². The molecule has 0 aliphatic heterocycles. The van der Waals surface area contributed by atoms with Crippen LogP contribution in [0.2, 0.25) is 0 Å². The van der Waals surface area contributed by atoms with Crippen molar-refractivity contribution in [1.29, 1.82) is 0 Å². The molecule has 0 unspecified atom stereocenters. The van der Waals surface area contributed by atoms with Crippen LogP contribution in [0.25, 0.3) is 27.6 Å². The first kappa shape index (κ1) is 17.9. The molecule has 0 saturated heterocycles. The number of aromatic nitrogens is 4. The Morgan fingerprint density at radius 1 is 1.29 bits per heavy atom. The van der Waals surface area contributed by atoms with Crippen LogP contribution in [-0.4, -0.2) is 32.0 Å². The third-order valence-electron chi connectivity index (χ3n) is 4.24. The lowest BCUT2D eigenvalue weighted by molar-refractivity contribution is 0.0997. The number of fused-ring (bicyclic) bond motifs is 1. The fourth-order valence-corrected chi connectivity index (χ4v) is 3.87. The molecule has 1 aromatic carbocycles. The second-order valence-corrected chi connectivity index (χ2v) is 6.97. The summed E-state index contributed by atoms with van der Waals surface area (Å²) in [6.07, 6.45) is 0. The molecule has 0 saturated carbocycles. The van der Waals surface area contributed by atoms with Crippen molar-refractivity contribution in [3.05, 3.63) is 57.5 Å². The van der Waals surface area contributed by atoms with Gasteiger partial charge in [-0.15, -0.1) is 11.3 Å². The van der Waals surface area contributed by atoms with Gasteiger partial charge < -0.3 is 15.5 Å². The number of aryl methyl sites for hydroxylation is 1. The van der Waals surface area contributed by atoms with Crippen molar-refractivity contribution < 1.29 is 9.53 Å². The Balaban J connectivity index is 2.08. The molecule has 0 fully saturated rings. The molecular weight excluding hydrogens is 378 g/mol. The minimum atomic E-state index is -0.741. The number of thiophene rings is 1. The number of primary amides is 1. The molecule has 0 spiro atoms. The Morgan fingerprint density at radius 2 is 2.07 bits per heavy atom. The molecule has 142 valence electrons. The molecule has 3 heterocycles. The van der Waals surface area contributed by atoms with Gasteiger partial charge in [-0.25, -0.2) is 19.3 Å². The number of carbonyl (C=O) groups excluding carboxylic acids is 1. The van der Waals surface area contributed by atoms with Gasteiger partial charge in [0.25, 0.3) is 5.91 Å². The van der Waals surface area contributed by atoms with Gasteiger partial charge in [0.15, 0.2) is 17.2 Å². The third-order valence-corrected chi connectivity index (χ3v) is 5.25. The second-order valence-electron chi connectivity index (χ2n) is 6.06. The molecule has 28 heavy (non-hydrogen) atoms. The van der Waals surface area contributed by atoms with E-state index in [0.717, 1.165) is 10.4 Å². The maximum Gasteiger partial charge on any atom is 0.332 e. The zero-order valence-electron chi connectivity index (χ0n) is 15.2. The number of benzene rings is 1. The van der Waals surface area contributed by atoms with Crippen molar-refractivity contribution in [3.8, 4) is 22.1 Å². The van der Waals surface area contributed by atoms with E-state index in [1.807, 2.05) is 31.4 Å². The fourth-order valence-electron chi connectivity index (χ4n) is 3.01. The number of ether oxygens (including phenoxy) is 1. The van der Waals surface area contributed by atoms with Crippen molar-refractivity contribution in [2.24, 2.45) is 5.73 Å². The van der Waals surface area contributed by atoms with E-state index in [0.29, 0.717) is 23.9 Å². The number of aromatic amines is 1. The number of rotatable bonds is 5. The summed E-state index contributed by atoms with van der Waals surface area (Å²) in [7, 11) is 0. The smallest absolute Gasteiger partial charge is 0.332 e. The number of imidazole rings is 1. The number of hydrogen-bond acceptors (Lipinski definition) is 6. The Hall–Kier alpha value is -3.46. The van der Waals surface area contributed by atoms with Gasteiger partial charge in [0.05, 0.1) is 17.2 Å². The number of H-pyrrole nitrogens is 1. The third kappa shape index (κ3) is 2.85. The monoisotopic (exact) mass is 395 g/mol. The van der Waals surface area contributed by atoms with Crippen molar-refractivity contribution >= 4 is 28.4 Å². The van der Waals surface area contributed by atoms with E-state index in [2.05, 4.69) is 15.0 Å². The van der Waals surface area contributed by atoms with Crippen LogP contribution in [0, 0.1) is 6.92 Å². The lowest BCUT2D eigenvalue weighted by Crippen LogP contribution is -2.16. The van der Waals surface area contributed by atoms with Crippen molar-refractivity contribution in [2.75, 3.05) is 6.61 Å². The summed E-state index contributed by atoms with van der Waals surface area (Å²) >= 11 is 1.45. The zero-order valence-corrected chi connectivity index (χ0v) is 16.0. The average Bonchev–Trinajstić information content (AvgIpc) is 3.24. The van der Waals surface area contributed by atoms with Gasteiger partial charge in [-0.05, 0) is 43.0 Å². The van der Waals surface area contributed by atoms with Crippen LogP contribution in [0.1, 0.15) is 23.0 Å². The van der Waals surface area contributed by atoms with E-state index < -0.39 is 11.6 Å². The normalized spacial score (nSPS) is 11.1. The van der Waals surface area contributed by atoms with Crippen LogP contribution in [0.15, 0.2) is 40.5 Å². The van der Waals surface area contributed by atoms with E-state index >= 15 is 0 Å². The molecule has 0 bridgehead atoms. The summed E-state index contributed by atoms with van der Waals surface area (Å²) in [5, 5.41) is 1.91. The Bertz CT molecular complexity index is 1250. The molecule has 9 heteroatoms. The van der Waals surface area contributed by atoms with E-state index in [1.54, 1.807) is 18.2 Å². The molecule has 1 amide bonds. The SMILES string of the molecule is CCOc1ccccc1-n1c(=O)[nH]c2c(C(N)=O)nc(-c3sccc3C)nc21. The zero-order chi connectivity index (χ0) is 19.8. The molecular formula is C19H17N5O3S. The lowest BCUT2D eigenvalue weighted by atomic mass is 10.2. The highest BCUT2D eigenvalue weighted by molar-refractivity contribution is 7.13. The van der Waals surface area contributed by atoms with Gasteiger partial charge in [0.2, 0.25) is 0 Å². The van der Waals surface area contributed by atoms with Crippen LogP contribution >= 0.6 is 11.3 Å². The topological polar surface area (TPSA) is 116 Å². The highest BCUT2D eigenvalue weighted by Crippen LogP contribution is 2.30. The minimum absolute atomic E-state index is 0.0301. The summed E-state index contributed by atoms with van der Waals surface area (Å²) in [5.41, 5.74) is 7.00. The summed E-state index contributed by atoms with van der Waals surface area (Å²) in [6.45, 7) is 4.23. The molecule has 3 aromatic heterocycles. The minimum Gasteiger partial charge on any atom is -0.492 e. The summed E-state index contributed by atoms with van der Waals surface area (Å²) < 4.78 is 7.03. The maximum absolute atomic E-state index is 12.8. The number of hydrogen-bond donors (Lipinski definition) is 2. The Morgan fingerprint density at radius 3 is 2.75 bits per heavy atom. The van der Waals surface area contributed by atoms with Gasteiger partial charge in [-0.2, -0.15) is 0 Å². The number of amides is 1. The molecule has 0 atom stereocenters. The lowest BCUT2D eigenvalue weighted by Gasteiger charge is -2.11. The summed E-state index contributed by atoms with van der Waals surface area (Å²) in [5.74, 6) is 0.130. The molecule has 3 N–H and O–H groups in total. The quantitative estimate of drug-likeness (QED) is 0.539. The van der Waals surface area contributed by atoms with Gasteiger partial charge in [0.1, 0.15) is 11.3 Å². The molecule has 0 radical (unpaired) electrons. The highest BCUT2D eigenvalue weighted by Gasteiger charge is 2.22. The van der Waals surface area contributed by atoms with Crippen LogP contribution in [0.4, 0.5) is 0 Å². The Labute approximate surface area is 163 Å². The van der Waals surface area contributed by atoms with Crippen molar-refractivity contribution in [1.82, 2.24) is 19.5 Å². The predicted octanol–water partition coefficient (Wildman–Crippen LogP) is 2.64. The van der Waals surface area contributed by atoms with Crippen LogP contribution in [0.5, 0.6) is 5.75 Å². The molecule has 4 aromatic rings. The fraction of sp³-hybridized carbons (Fsp3) is 0.158. The first-order chi connectivity index (χ1) is 13.5. The van der Waals surface area contributed by atoms with Crippen LogP contribution in [-0.2, 0) is 0 Å².